The number of benzene rings is 1. The maximum atomic E-state index is 3.62. The summed E-state index contributed by atoms with van der Waals surface area (Å²) in [6, 6.07) is 10.5. The van der Waals surface area contributed by atoms with Crippen LogP contribution in [-0.4, -0.2) is 12.1 Å². The normalized spacial score (nSPS) is 36.3. The van der Waals surface area contributed by atoms with E-state index < -0.39 is 0 Å². The number of hydrogen-bond acceptors (Lipinski definition) is 1. The van der Waals surface area contributed by atoms with Gasteiger partial charge in [0.25, 0.3) is 0 Å². The van der Waals surface area contributed by atoms with Gasteiger partial charge in [-0.2, -0.15) is 0 Å². The minimum absolute atomic E-state index is 0.327. The molecule has 1 N–H and O–H groups in total. The molecule has 1 aliphatic carbocycles. The standard InChI is InChI=1S/C14H19N/c1-9-10-6-4-5-7-11(10)14(2,3)8-12-13(9)15-12/h4-7,9,12-13,15H,8H2,1-3H3/t9-,12-,13+/m0/s1. The zero-order chi connectivity index (χ0) is 10.6. The van der Waals surface area contributed by atoms with Crippen molar-refractivity contribution in [3.8, 4) is 0 Å². The van der Waals surface area contributed by atoms with Crippen molar-refractivity contribution >= 4 is 0 Å². The zero-order valence-electron chi connectivity index (χ0n) is 9.75. The highest BCUT2D eigenvalue weighted by Gasteiger charge is 2.47. The van der Waals surface area contributed by atoms with Gasteiger partial charge in [0.2, 0.25) is 0 Å². The second-order valence-electron chi connectivity index (χ2n) is 5.76. The van der Waals surface area contributed by atoms with E-state index in [1.165, 1.54) is 6.42 Å². The Hall–Kier alpha value is -0.820. The Kier molecular flexibility index (Phi) is 1.79. The Morgan fingerprint density at radius 3 is 2.80 bits per heavy atom. The average molecular weight is 201 g/mol. The summed E-state index contributed by atoms with van der Waals surface area (Å²) < 4.78 is 0. The molecule has 0 unspecified atom stereocenters. The number of rotatable bonds is 0. The van der Waals surface area contributed by atoms with Crippen molar-refractivity contribution in [3.05, 3.63) is 35.4 Å². The fourth-order valence-corrected chi connectivity index (χ4v) is 3.23. The van der Waals surface area contributed by atoms with Crippen LogP contribution in [0.2, 0.25) is 0 Å². The van der Waals surface area contributed by atoms with Gasteiger partial charge in [-0.1, -0.05) is 45.0 Å². The van der Waals surface area contributed by atoms with Gasteiger partial charge in [0, 0.05) is 12.1 Å². The fourth-order valence-electron chi connectivity index (χ4n) is 3.23. The molecule has 0 spiro atoms. The van der Waals surface area contributed by atoms with Crippen LogP contribution < -0.4 is 5.32 Å². The molecule has 0 aromatic heterocycles. The summed E-state index contributed by atoms with van der Waals surface area (Å²) in [5, 5.41) is 3.62. The topological polar surface area (TPSA) is 21.9 Å². The highest BCUT2D eigenvalue weighted by Crippen LogP contribution is 2.45. The molecule has 1 saturated heterocycles. The summed E-state index contributed by atoms with van der Waals surface area (Å²) in [6.45, 7) is 7.11. The van der Waals surface area contributed by atoms with E-state index in [9.17, 15) is 0 Å². The molecule has 0 radical (unpaired) electrons. The molecule has 3 rings (SSSR count). The SMILES string of the molecule is C[C@H]1c2ccccc2C(C)(C)C[C@@H]2N[C@@H]21. The van der Waals surface area contributed by atoms with Crippen LogP contribution in [0.4, 0.5) is 0 Å². The average Bonchev–Trinajstić information content (AvgIpc) is 2.95. The smallest absolute Gasteiger partial charge is 0.0290 e. The highest BCUT2D eigenvalue weighted by molar-refractivity contribution is 5.40. The molecule has 15 heavy (non-hydrogen) atoms. The summed E-state index contributed by atoms with van der Waals surface area (Å²) in [5.74, 6) is 0.674. The van der Waals surface area contributed by atoms with E-state index in [1.807, 2.05) is 0 Å². The van der Waals surface area contributed by atoms with Crippen LogP contribution in [0.25, 0.3) is 0 Å². The van der Waals surface area contributed by atoms with Crippen LogP contribution in [0.5, 0.6) is 0 Å². The third kappa shape index (κ3) is 1.33. The van der Waals surface area contributed by atoms with Crippen molar-refractivity contribution in [1.82, 2.24) is 5.32 Å². The van der Waals surface area contributed by atoms with Crippen molar-refractivity contribution in [1.29, 1.82) is 0 Å². The molecule has 1 nitrogen and oxygen atoms in total. The van der Waals surface area contributed by atoms with Crippen LogP contribution in [0.3, 0.4) is 0 Å². The van der Waals surface area contributed by atoms with Crippen molar-refractivity contribution in [2.24, 2.45) is 0 Å². The van der Waals surface area contributed by atoms with Crippen LogP contribution in [0.15, 0.2) is 24.3 Å². The molecule has 3 atom stereocenters. The van der Waals surface area contributed by atoms with Gasteiger partial charge in [-0.05, 0) is 28.9 Å². The summed E-state index contributed by atoms with van der Waals surface area (Å²) in [4.78, 5) is 0. The quantitative estimate of drug-likeness (QED) is 0.640. The monoisotopic (exact) mass is 201 g/mol. The minimum Gasteiger partial charge on any atom is -0.307 e. The summed E-state index contributed by atoms with van der Waals surface area (Å²) >= 11 is 0. The van der Waals surface area contributed by atoms with E-state index >= 15 is 0 Å². The first-order valence-electron chi connectivity index (χ1n) is 5.95. The van der Waals surface area contributed by atoms with E-state index in [-0.39, 0.29) is 0 Å². The van der Waals surface area contributed by atoms with Gasteiger partial charge in [-0.15, -0.1) is 0 Å². The van der Waals surface area contributed by atoms with E-state index in [2.05, 4.69) is 50.4 Å². The second kappa shape index (κ2) is 2.85. The molecule has 0 bridgehead atoms. The minimum atomic E-state index is 0.327. The molecule has 80 valence electrons. The van der Waals surface area contributed by atoms with Crippen LogP contribution in [0.1, 0.15) is 44.2 Å². The third-order valence-corrected chi connectivity index (χ3v) is 4.18. The maximum absolute atomic E-state index is 3.62. The lowest BCUT2D eigenvalue weighted by Gasteiger charge is -2.27. The Bertz CT molecular complexity index is 394. The predicted molar refractivity (Wildman–Crippen MR) is 63.2 cm³/mol. The summed E-state index contributed by atoms with van der Waals surface area (Å²) in [7, 11) is 0. The van der Waals surface area contributed by atoms with Gasteiger partial charge >= 0.3 is 0 Å². The van der Waals surface area contributed by atoms with Crippen molar-refractivity contribution in [2.75, 3.05) is 0 Å². The zero-order valence-corrected chi connectivity index (χ0v) is 9.75. The van der Waals surface area contributed by atoms with Gasteiger partial charge in [-0.3, -0.25) is 0 Å². The summed E-state index contributed by atoms with van der Waals surface area (Å²) in [6.07, 6.45) is 1.28. The lowest BCUT2D eigenvalue weighted by Crippen LogP contribution is -2.21. The lowest BCUT2D eigenvalue weighted by molar-refractivity contribution is 0.477. The first kappa shape index (κ1) is 9.41. The second-order valence-corrected chi connectivity index (χ2v) is 5.76. The van der Waals surface area contributed by atoms with E-state index in [0.29, 0.717) is 11.3 Å². The molecule has 1 heteroatoms. The van der Waals surface area contributed by atoms with Crippen molar-refractivity contribution in [2.45, 2.75) is 50.6 Å². The summed E-state index contributed by atoms with van der Waals surface area (Å²) in [5.41, 5.74) is 3.44. The largest absolute Gasteiger partial charge is 0.307 e. The van der Waals surface area contributed by atoms with Crippen molar-refractivity contribution in [3.63, 3.8) is 0 Å². The molecule has 1 aromatic carbocycles. The number of hydrogen-bond donors (Lipinski definition) is 1. The lowest BCUT2D eigenvalue weighted by atomic mass is 9.78. The molecular weight excluding hydrogens is 182 g/mol. The number of nitrogens with one attached hydrogen (secondary N) is 1. The van der Waals surface area contributed by atoms with Gasteiger partial charge in [0.05, 0.1) is 0 Å². The molecule has 1 fully saturated rings. The van der Waals surface area contributed by atoms with Crippen molar-refractivity contribution < 1.29 is 0 Å². The first-order valence-corrected chi connectivity index (χ1v) is 5.95. The Balaban J connectivity index is 2.15. The van der Waals surface area contributed by atoms with Gasteiger partial charge in [-0.25, -0.2) is 0 Å². The van der Waals surface area contributed by atoms with Gasteiger partial charge in [0.15, 0.2) is 0 Å². The molecule has 1 aliphatic heterocycles. The highest BCUT2D eigenvalue weighted by atomic mass is 15.2. The third-order valence-electron chi connectivity index (χ3n) is 4.18. The Morgan fingerprint density at radius 1 is 1.27 bits per heavy atom. The van der Waals surface area contributed by atoms with Gasteiger partial charge < -0.3 is 5.32 Å². The predicted octanol–water partition coefficient (Wildman–Crippen LogP) is 2.81. The van der Waals surface area contributed by atoms with Crippen LogP contribution in [-0.2, 0) is 5.41 Å². The van der Waals surface area contributed by atoms with Gasteiger partial charge in [0.1, 0.15) is 0 Å². The molecule has 1 heterocycles. The molecule has 0 saturated carbocycles. The Morgan fingerprint density at radius 2 is 2.00 bits per heavy atom. The maximum Gasteiger partial charge on any atom is 0.0290 e. The molecule has 0 amide bonds. The van der Waals surface area contributed by atoms with Crippen LogP contribution in [0, 0.1) is 0 Å². The molecule has 1 aromatic rings. The van der Waals surface area contributed by atoms with E-state index in [4.69, 9.17) is 0 Å². The number of fused-ring (bicyclic) bond motifs is 2. The molecule has 2 aliphatic rings. The molecular formula is C14H19N. The van der Waals surface area contributed by atoms with E-state index in [0.717, 1.165) is 12.1 Å². The fraction of sp³-hybridized carbons (Fsp3) is 0.571. The van der Waals surface area contributed by atoms with Crippen LogP contribution >= 0.6 is 0 Å². The van der Waals surface area contributed by atoms with E-state index in [1.54, 1.807) is 11.1 Å². The Labute approximate surface area is 91.9 Å². The first-order chi connectivity index (χ1) is 7.09.